The molecule has 21 heavy (non-hydrogen) atoms. The molecule has 3 heterocycles. The van der Waals surface area contributed by atoms with Crippen molar-refractivity contribution in [3.05, 3.63) is 18.0 Å². The van der Waals surface area contributed by atoms with Crippen LogP contribution in [0.15, 0.2) is 12.3 Å². The summed E-state index contributed by atoms with van der Waals surface area (Å²) < 4.78 is 1.87. The topological polar surface area (TPSA) is 50.2 Å². The normalized spacial score (nSPS) is 26.2. The van der Waals surface area contributed by atoms with E-state index in [0.717, 1.165) is 39.0 Å². The smallest absolute Gasteiger partial charge is 0.274 e. The fourth-order valence-corrected chi connectivity index (χ4v) is 3.59. The van der Waals surface area contributed by atoms with E-state index in [0.29, 0.717) is 17.7 Å². The lowest BCUT2D eigenvalue weighted by Crippen LogP contribution is -2.50. The number of rotatable bonds is 3. The average molecular weight is 290 g/mol. The molecule has 2 aliphatic heterocycles. The molecule has 5 heteroatoms. The van der Waals surface area contributed by atoms with Crippen LogP contribution in [-0.2, 0) is 6.54 Å². The quantitative estimate of drug-likeness (QED) is 0.925. The molecular formula is C16H26N4O. The summed E-state index contributed by atoms with van der Waals surface area (Å²) in [5.74, 6) is 0.718. The van der Waals surface area contributed by atoms with Crippen LogP contribution in [0.5, 0.6) is 0 Å². The molecular weight excluding hydrogens is 264 g/mol. The summed E-state index contributed by atoms with van der Waals surface area (Å²) in [6.45, 7) is 5.87. The Morgan fingerprint density at radius 2 is 2.33 bits per heavy atom. The minimum absolute atomic E-state index is 0.104. The van der Waals surface area contributed by atoms with Crippen molar-refractivity contribution >= 4 is 5.91 Å². The van der Waals surface area contributed by atoms with Gasteiger partial charge in [0.15, 0.2) is 0 Å². The van der Waals surface area contributed by atoms with Crippen LogP contribution in [0.4, 0.5) is 0 Å². The molecule has 2 aliphatic rings. The number of nitrogens with one attached hydrogen (secondary N) is 1. The largest absolute Gasteiger partial charge is 0.337 e. The van der Waals surface area contributed by atoms with Gasteiger partial charge in [-0.1, -0.05) is 13.3 Å². The van der Waals surface area contributed by atoms with Crippen LogP contribution >= 0.6 is 0 Å². The third-order valence-corrected chi connectivity index (χ3v) is 4.74. The number of carbonyl (C=O) groups excluding carboxylic acids is 1. The second-order valence-electron chi connectivity index (χ2n) is 6.32. The SMILES string of the molecule is CCCn1ccc(C(=O)N2CC[C@H]3NCCCC[C@H]3C2)n1. The van der Waals surface area contributed by atoms with Crippen molar-refractivity contribution < 1.29 is 4.79 Å². The molecule has 3 rings (SSSR count). The summed E-state index contributed by atoms with van der Waals surface area (Å²) >= 11 is 0. The lowest BCUT2D eigenvalue weighted by Gasteiger charge is -2.37. The van der Waals surface area contributed by atoms with Crippen molar-refractivity contribution in [2.24, 2.45) is 5.92 Å². The van der Waals surface area contributed by atoms with Crippen molar-refractivity contribution in [2.45, 2.75) is 51.6 Å². The highest BCUT2D eigenvalue weighted by atomic mass is 16.2. The highest BCUT2D eigenvalue weighted by Crippen LogP contribution is 2.25. The second kappa shape index (κ2) is 6.60. The number of hydrogen-bond donors (Lipinski definition) is 1. The van der Waals surface area contributed by atoms with E-state index < -0.39 is 0 Å². The van der Waals surface area contributed by atoms with E-state index in [-0.39, 0.29) is 5.91 Å². The molecule has 2 saturated heterocycles. The van der Waals surface area contributed by atoms with Gasteiger partial charge in [0, 0.05) is 31.9 Å². The Kier molecular flexibility index (Phi) is 4.58. The van der Waals surface area contributed by atoms with E-state index in [1.807, 2.05) is 21.8 Å². The first-order chi connectivity index (χ1) is 10.3. The molecule has 1 amide bonds. The van der Waals surface area contributed by atoms with Gasteiger partial charge in [0.25, 0.3) is 5.91 Å². The molecule has 0 saturated carbocycles. The maximum absolute atomic E-state index is 12.6. The molecule has 0 unspecified atom stereocenters. The van der Waals surface area contributed by atoms with E-state index in [1.54, 1.807) is 0 Å². The Morgan fingerprint density at radius 3 is 3.19 bits per heavy atom. The summed E-state index contributed by atoms with van der Waals surface area (Å²) in [6, 6.07) is 2.46. The zero-order valence-corrected chi connectivity index (χ0v) is 12.9. The lowest BCUT2D eigenvalue weighted by molar-refractivity contribution is 0.0624. The Balaban J connectivity index is 1.64. The van der Waals surface area contributed by atoms with Crippen molar-refractivity contribution in [1.29, 1.82) is 0 Å². The molecule has 0 aliphatic carbocycles. The predicted molar refractivity (Wildman–Crippen MR) is 82.2 cm³/mol. The number of likely N-dealkylation sites (tertiary alicyclic amines) is 1. The van der Waals surface area contributed by atoms with Gasteiger partial charge in [0.2, 0.25) is 0 Å². The third-order valence-electron chi connectivity index (χ3n) is 4.74. The van der Waals surface area contributed by atoms with Crippen LogP contribution in [0.3, 0.4) is 0 Å². The Morgan fingerprint density at radius 1 is 1.43 bits per heavy atom. The van der Waals surface area contributed by atoms with Crippen molar-refractivity contribution in [3.8, 4) is 0 Å². The second-order valence-corrected chi connectivity index (χ2v) is 6.32. The zero-order chi connectivity index (χ0) is 14.7. The van der Waals surface area contributed by atoms with Gasteiger partial charge in [-0.3, -0.25) is 9.48 Å². The highest BCUT2D eigenvalue weighted by molar-refractivity contribution is 5.92. The lowest BCUT2D eigenvalue weighted by atomic mass is 9.89. The number of fused-ring (bicyclic) bond motifs is 1. The fraction of sp³-hybridized carbons (Fsp3) is 0.750. The summed E-state index contributed by atoms with van der Waals surface area (Å²) in [5, 5.41) is 8.05. The van der Waals surface area contributed by atoms with Gasteiger partial charge >= 0.3 is 0 Å². The van der Waals surface area contributed by atoms with Gasteiger partial charge < -0.3 is 10.2 Å². The first-order valence-corrected chi connectivity index (χ1v) is 8.34. The van der Waals surface area contributed by atoms with Gasteiger partial charge in [0.1, 0.15) is 5.69 Å². The van der Waals surface area contributed by atoms with Crippen LogP contribution in [-0.4, -0.2) is 46.3 Å². The maximum Gasteiger partial charge on any atom is 0.274 e. The van der Waals surface area contributed by atoms with Crippen LogP contribution in [0, 0.1) is 5.92 Å². The molecule has 0 spiro atoms. The minimum atomic E-state index is 0.104. The number of carbonyl (C=O) groups is 1. The summed E-state index contributed by atoms with van der Waals surface area (Å²) in [7, 11) is 0. The van der Waals surface area contributed by atoms with Gasteiger partial charge in [-0.05, 0) is 44.2 Å². The molecule has 116 valence electrons. The van der Waals surface area contributed by atoms with Gasteiger partial charge in [-0.15, -0.1) is 0 Å². The molecule has 1 N–H and O–H groups in total. The molecule has 1 aromatic rings. The molecule has 0 radical (unpaired) electrons. The standard InChI is InChI=1S/C16H26N4O/c1-2-9-20-11-7-15(18-20)16(21)19-10-6-14-13(12-19)5-3-4-8-17-14/h7,11,13-14,17H,2-6,8-10,12H2,1H3/t13-,14+/m0/s1. The third kappa shape index (κ3) is 3.28. The minimum Gasteiger partial charge on any atom is -0.337 e. The number of aromatic nitrogens is 2. The van der Waals surface area contributed by atoms with E-state index in [9.17, 15) is 4.79 Å². The fourth-order valence-electron chi connectivity index (χ4n) is 3.59. The number of nitrogens with zero attached hydrogens (tertiary/aromatic N) is 3. The summed E-state index contributed by atoms with van der Waals surface area (Å²) in [4.78, 5) is 14.6. The first kappa shape index (κ1) is 14.6. The van der Waals surface area contributed by atoms with Crippen molar-refractivity contribution in [1.82, 2.24) is 20.0 Å². The highest BCUT2D eigenvalue weighted by Gasteiger charge is 2.32. The van der Waals surface area contributed by atoms with E-state index in [1.165, 1.54) is 19.3 Å². The van der Waals surface area contributed by atoms with E-state index >= 15 is 0 Å². The summed E-state index contributed by atoms with van der Waals surface area (Å²) in [5.41, 5.74) is 0.600. The maximum atomic E-state index is 12.6. The Bertz CT molecular complexity index is 484. The number of amides is 1. The van der Waals surface area contributed by atoms with E-state index in [4.69, 9.17) is 0 Å². The number of piperidine rings is 1. The van der Waals surface area contributed by atoms with Crippen LogP contribution in [0.1, 0.15) is 49.5 Å². The zero-order valence-electron chi connectivity index (χ0n) is 12.9. The predicted octanol–water partition coefficient (Wildman–Crippen LogP) is 1.90. The van der Waals surface area contributed by atoms with Crippen LogP contribution in [0.2, 0.25) is 0 Å². The molecule has 1 aromatic heterocycles. The monoisotopic (exact) mass is 290 g/mol. The molecule has 0 bridgehead atoms. The summed E-state index contributed by atoms with van der Waals surface area (Å²) in [6.07, 6.45) is 7.81. The van der Waals surface area contributed by atoms with E-state index in [2.05, 4.69) is 17.3 Å². The van der Waals surface area contributed by atoms with Crippen LogP contribution in [0.25, 0.3) is 0 Å². The number of hydrogen-bond acceptors (Lipinski definition) is 3. The Labute approximate surface area is 126 Å². The van der Waals surface area contributed by atoms with Gasteiger partial charge in [-0.2, -0.15) is 5.10 Å². The molecule has 5 nitrogen and oxygen atoms in total. The molecule has 2 atom stereocenters. The van der Waals surface area contributed by atoms with Gasteiger partial charge in [-0.25, -0.2) is 0 Å². The van der Waals surface area contributed by atoms with Crippen molar-refractivity contribution in [2.75, 3.05) is 19.6 Å². The number of aryl methyl sites for hydroxylation is 1. The van der Waals surface area contributed by atoms with Gasteiger partial charge in [0.05, 0.1) is 0 Å². The van der Waals surface area contributed by atoms with Crippen LogP contribution < -0.4 is 5.32 Å². The molecule has 0 aromatic carbocycles. The Hall–Kier alpha value is -1.36. The first-order valence-electron chi connectivity index (χ1n) is 8.34. The average Bonchev–Trinajstić information content (AvgIpc) is 2.83. The van der Waals surface area contributed by atoms with Crippen molar-refractivity contribution in [3.63, 3.8) is 0 Å². The molecule has 2 fully saturated rings.